The van der Waals surface area contributed by atoms with E-state index in [0.717, 1.165) is 5.56 Å². The van der Waals surface area contributed by atoms with Gasteiger partial charge in [-0.3, -0.25) is 4.79 Å². The van der Waals surface area contributed by atoms with Crippen molar-refractivity contribution in [3.05, 3.63) is 35.9 Å². The van der Waals surface area contributed by atoms with Gasteiger partial charge in [0.25, 0.3) is 0 Å². The second-order valence-corrected chi connectivity index (χ2v) is 3.88. The number of likely N-dealkylation sites (N-methyl/N-ethyl adjacent to an activating group) is 1. The number of rotatable bonds is 6. The van der Waals surface area contributed by atoms with E-state index < -0.39 is 5.92 Å². The van der Waals surface area contributed by atoms with Gasteiger partial charge in [0.15, 0.2) is 0 Å². The summed E-state index contributed by atoms with van der Waals surface area (Å²) in [6.07, 6.45) is 0. The minimum atomic E-state index is -0.733. The molecule has 0 bridgehead atoms. The summed E-state index contributed by atoms with van der Waals surface area (Å²) >= 11 is 0. The Morgan fingerprint density at radius 3 is 2.61 bits per heavy atom. The Kier molecular flexibility index (Phi) is 5.89. The van der Waals surface area contributed by atoms with Gasteiger partial charge in [-0.05, 0) is 12.5 Å². The lowest BCUT2D eigenvalue weighted by Crippen LogP contribution is -2.37. The first-order valence-electron chi connectivity index (χ1n) is 5.96. The Bertz CT molecular complexity index is 412. The van der Waals surface area contributed by atoms with Gasteiger partial charge in [0.2, 0.25) is 5.91 Å². The molecule has 1 aromatic carbocycles. The minimum absolute atomic E-state index is 0.164. The molecule has 0 heterocycles. The van der Waals surface area contributed by atoms with Gasteiger partial charge in [0, 0.05) is 20.2 Å². The van der Waals surface area contributed by atoms with Crippen molar-refractivity contribution in [2.45, 2.75) is 12.8 Å². The average Bonchev–Trinajstić information content (AvgIpc) is 2.42. The van der Waals surface area contributed by atoms with Gasteiger partial charge < -0.3 is 9.64 Å². The number of methoxy groups -OCH3 is 1. The van der Waals surface area contributed by atoms with Crippen LogP contribution >= 0.6 is 0 Å². The predicted molar refractivity (Wildman–Crippen MR) is 68.9 cm³/mol. The van der Waals surface area contributed by atoms with E-state index in [2.05, 4.69) is 6.07 Å². The van der Waals surface area contributed by atoms with Crippen LogP contribution in [0.5, 0.6) is 0 Å². The second-order valence-electron chi connectivity index (χ2n) is 3.88. The molecular formula is C14H18N2O2. The highest BCUT2D eigenvalue weighted by Gasteiger charge is 2.24. The molecule has 0 aliphatic rings. The molecule has 0 N–H and O–H groups in total. The van der Waals surface area contributed by atoms with Crippen LogP contribution < -0.4 is 0 Å². The quantitative estimate of drug-likeness (QED) is 0.769. The predicted octanol–water partition coefficient (Wildman–Crippen LogP) is 1.79. The normalized spacial score (nSPS) is 11.6. The van der Waals surface area contributed by atoms with Crippen LogP contribution in [0.4, 0.5) is 0 Å². The lowest BCUT2D eigenvalue weighted by Gasteiger charge is -2.23. The number of benzene rings is 1. The fourth-order valence-electron chi connectivity index (χ4n) is 1.73. The van der Waals surface area contributed by atoms with Crippen molar-refractivity contribution >= 4 is 5.91 Å². The van der Waals surface area contributed by atoms with E-state index in [9.17, 15) is 10.1 Å². The number of ether oxygens (including phenoxy) is 1. The maximum Gasteiger partial charge on any atom is 0.244 e. The van der Waals surface area contributed by atoms with Crippen LogP contribution in [0, 0.1) is 11.3 Å². The fourth-order valence-corrected chi connectivity index (χ4v) is 1.73. The van der Waals surface area contributed by atoms with Gasteiger partial charge in [-0.25, -0.2) is 0 Å². The van der Waals surface area contributed by atoms with Crippen LogP contribution in [0.2, 0.25) is 0 Å². The molecule has 0 aliphatic heterocycles. The Hall–Kier alpha value is -1.86. The molecule has 0 fully saturated rings. The Labute approximate surface area is 108 Å². The van der Waals surface area contributed by atoms with Crippen molar-refractivity contribution < 1.29 is 9.53 Å². The van der Waals surface area contributed by atoms with Crippen LogP contribution in [0.25, 0.3) is 0 Å². The van der Waals surface area contributed by atoms with E-state index in [1.165, 1.54) is 0 Å². The van der Waals surface area contributed by atoms with Crippen molar-refractivity contribution in [1.29, 1.82) is 5.26 Å². The first kappa shape index (κ1) is 14.2. The molecule has 4 heteroatoms. The molecule has 4 nitrogen and oxygen atoms in total. The number of nitriles is 1. The number of carbonyl (C=O) groups is 1. The van der Waals surface area contributed by atoms with Crippen molar-refractivity contribution in [3.8, 4) is 6.07 Å². The highest BCUT2D eigenvalue weighted by Crippen LogP contribution is 2.17. The summed E-state index contributed by atoms with van der Waals surface area (Å²) < 4.78 is 4.97. The molecule has 1 unspecified atom stereocenters. The van der Waals surface area contributed by atoms with Crippen LogP contribution in [0.1, 0.15) is 18.4 Å². The number of nitrogens with zero attached hydrogens (tertiary/aromatic N) is 2. The first-order chi connectivity index (χ1) is 8.74. The number of hydrogen-bond acceptors (Lipinski definition) is 3. The average molecular weight is 246 g/mol. The molecule has 0 saturated heterocycles. The Morgan fingerprint density at radius 2 is 2.11 bits per heavy atom. The minimum Gasteiger partial charge on any atom is -0.383 e. The summed E-state index contributed by atoms with van der Waals surface area (Å²) in [5.74, 6) is -0.897. The van der Waals surface area contributed by atoms with E-state index in [4.69, 9.17) is 4.74 Å². The maximum atomic E-state index is 12.3. The molecule has 0 aromatic heterocycles. The molecule has 1 rings (SSSR count). The SMILES string of the molecule is CCN(CCOC)C(=O)C(C#N)c1ccccc1. The summed E-state index contributed by atoms with van der Waals surface area (Å²) in [4.78, 5) is 13.9. The highest BCUT2D eigenvalue weighted by molar-refractivity contribution is 5.86. The lowest BCUT2D eigenvalue weighted by molar-refractivity contribution is -0.131. The maximum absolute atomic E-state index is 12.3. The molecule has 96 valence electrons. The molecule has 0 saturated carbocycles. The largest absolute Gasteiger partial charge is 0.383 e. The third-order valence-electron chi connectivity index (χ3n) is 2.77. The molecule has 18 heavy (non-hydrogen) atoms. The number of carbonyl (C=O) groups excluding carboxylic acids is 1. The summed E-state index contributed by atoms with van der Waals surface area (Å²) in [6, 6.07) is 11.2. The van der Waals surface area contributed by atoms with Crippen LogP contribution in [0.3, 0.4) is 0 Å². The standard InChI is InChI=1S/C14H18N2O2/c1-3-16(9-10-18-2)14(17)13(11-15)12-7-5-4-6-8-12/h4-8,13H,3,9-10H2,1-2H3. The van der Waals surface area contributed by atoms with Crippen LogP contribution in [-0.4, -0.2) is 37.6 Å². The number of hydrogen-bond donors (Lipinski definition) is 0. The summed E-state index contributed by atoms with van der Waals surface area (Å²) in [5.41, 5.74) is 0.737. The third-order valence-corrected chi connectivity index (χ3v) is 2.77. The van der Waals surface area contributed by atoms with Gasteiger partial charge in [-0.2, -0.15) is 5.26 Å². The van der Waals surface area contributed by atoms with E-state index in [-0.39, 0.29) is 5.91 Å². The van der Waals surface area contributed by atoms with E-state index in [1.54, 1.807) is 24.1 Å². The monoisotopic (exact) mass is 246 g/mol. The molecule has 0 spiro atoms. The van der Waals surface area contributed by atoms with E-state index >= 15 is 0 Å². The van der Waals surface area contributed by atoms with Crippen LogP contribution in [-0.2, 0) is 9.53 Å². The van der Waals surface area contributed by atoms with Crippen molar-refractivity contribution in [3.63, 3.8) is 0 Å². The Balaban J connectivity index is 2.82. The van der Waals surface area contributed by atoms with Crippen molar-refractivity contribution in [2.75, 3.05) is 26.8 Å². The zero-order valence-corrected chi connectivity index (χ0v) is 10.8. The lowest BCUT2D eigenvalue weighted by atomic mass is 9.99. The zero-order chi connectivity index (χ0) is 13.4. The van der Waals surface area contributed by atoms with E-state index in [0.29, 0.717) is 19.7 Å². The molecule has 1 aromatic rings. The molecule has 1 amide bonds. The Morgan fingerprint density at radius 1 is 1.44 bits per heavy atom. The van der Waals surface area contributed by atoms with Gasteiger partial charge in [0.1, 0.15) is 5.92 Å². The number of amides is 1. The summed E-state index contributed by atoms with van der Waals surface area (Å²) in [5, 5.41) is 9.19. The topological polar surface area (TPSA) is 53.3 Å². The van der Waals surface area contributed by atoms with E-state index in [1.807, 2.05) is 25.1 Å². The molecular weight excluding hydrogens is 228 g/mol. The van der Waals surface area contributed by atoms with Gasteiger partial charge >= 0.3 is 0 Å². The molecule has 0 aliphatic carbocycles. The van der Waals surface area contributed by atoms with Gasteiger partial charge in [-0.15, -0.1) is 0 Å². The van der Waals surface area contributed by atoms with Crippen molar-refractivity contribution in [2.24, 2.45) is 0 Å². The van der Waals surface area contributed by atoms with Crippen molar-refractivity contribution in [1.82, 2.24) is 4.90 Å². The summed E-state index contributed by atoms with van der Waals surface area (Å²) in [7, 11) is 1.59. The molecule has 0 radical (unpaired) electrons. The zero-order valence-electron chi connectivity index (χ0n) is 10.8. The highest BCUT2D eigenvalue weighted by atomic mass is 16.5. The first-order valence-corrected chi connectivity index (χ1v) is 5.96. The molecule has 1 atom stereocenters. The summed E-state index contributed by atoms with van der Waals surface area (Å²) in [6.45, 7) is 3.46. The van der Waals surface area contributed by atoms with Crippen LogP contribution in [0.15, 0.2) is 30.3 Å². The van der Waals surface area contributed by atoms with Gasteiger partial charge in [-0.1, -0.05) is 30.3 Å². The van der Waals surface area contributed by atoms with Gasteiger partial charge in [0.05, 0.1) is 12.7 Å². The smallest absolute Gasteiger partial charge is 0.244 e. The second kappa shape index (κ2) is 7.46. The third kappa shape index (κ3) is 3.57. The fraction of sp³-hybridized carbons (Fsp3) is 0.429.